The van der Waals surface area contributed by atoms with E-state index in [9.17, 15) is 24.3 Å². The van der Waals surface area contributed by atoms with Crippen LogP contribution in [0.25, 0.3) is 22.2 Å². The lowest BCUT2D eigenvalue weighted by Crippen LogP contribution is -2.34. The Morgan fingerprint density at radius 2 is 1.84 bits per heavy atom. The zero-order valence-corrected chi connectivity index (χ0v) is 23.9. The van der Waals surface area contributed by atoms with Crippen molar-refractivity contribution in [1.29, 1.82) is 0 Å². The lowest BCUT2D eigenvalue weighted by atomic mass is 9.92. The summed E-state index contributed by atoms with van der Waals surface area (Å²) in [5, 5.41) is 13.5. The van der Waals surface area contributed by atoms with E-state index in [1.807, 2.05) is 18.2 Å². The molecule has 3 aromatic heterocycles. The predicted molar refractivity (Wildman–Crippen MR) is 157 cm³/mol. The van der Waals surface area contributed by atoms with Crippen LogP contribution in [0.1, 0.15) is 47.6 Å². The van der Waals surface area contributed by atoms with Crippen molar-refractivity contribution in [3.05, 3.63) is 64.5 Å². The van der Waals surface area contributed by atoms with E-state index in [2.05, 4.69) is 10.1 Å². The van der Waals surface area contributed by atoms with Crippen molar-refractivity contribution in [2.75, 3.05) is 32.2 Å². The van der Waals surface area contributed by atoms with Gasteiger partial charge < -0.3 is 20.3 Å². The van der Waals surface area contributed by atoms with Crippen molar-refractivity contribution in [3.8, 4) is 11.1 Å². The number of aromatic nitrogens is 5. The second kappa shape index (κ2) is 13.1. The van der Waals surface area contributed by atoms with Gasteiger partial charge in [-0.3, -0.25) is 23.4 Å². The fourth-order valence-electron chi connectivity index (χ4n) is 5.30. The van der Waals surface area contributed by atoms with Crippen LogP contribution in [0.5, 0.6) is 0 Å². The number of ether oxygens (including phenoxy) is 2. The highest BCUT2D eigenvalue weighted by molar-refractivity contribution is 6.03. The van der Waals surface area contributed by atoms with Crippen LogP contribution in [0, 0.1) is 0 Å². The van der Waals surface area contributed by atoms with Gasteiger partial charge in [0.2, 0.25) is 0 Å². The molecule has 0 radical (unpaired) electrons. The zero-order chi connectivity index (χ0) is 30.5. The summed E-state index contributed by atoms with van der Waals surface area (Å²) in [7, 11) is 1.70. The van der Waals surface area contributed by atoms with E-state index in [-0.39, 0.29) is 35.1 Å². The molecule has 4 aromatic rings. The highest BCUT2D eigenvalue weighted by atomic mass is 16.5. The Bertz CT molecular complexity index is 1720. The Balaban J connectivity index is 1.02. The summed E-state index contributed by atoms with van der Waals surface area (Å²) in [6.07, 6.45) is 7.08. The summed E-state index contributed by atoms with van der Waals surface area (Å²) in [5.74, 6) is -1.43. The minimum absolute atomic E-state index is 0.0324. The van der Waals surface area contributed by atoms with E-state index in [1.54, 1.807) is 28.7 Å². The topological polar surface area (TPSA) is 174 Å². The highest BCUT2D eigenvalue weighted by Gasteiger charge is 2.31. The fourth-order valence-corrected chi connectivity index (χ4v) is 5.30. The third-order valence-electron chi connectivity index (χ3n) is 7.61. The number of carbonyl (C=O) groups is 3. The number of ketones is 2. The number of aromatic carboxylic acids is 1. The van der Waals surface area contributed by atoms with Crippen LogP contribution in [0.15, 0.2) is 47.7 Å². The average Bonchev–Trinajstić information content (AvgIpc) is 3.55. The monoisotopic (exact) mass is 590 g/mol. The number of nitrogens with zero attached hydrogens (tertiary/aromatic N) is 5. The van der Waals surface area contributed by atoms with E-state index >= 15 is 0 Å². The van der Waals surface area contributed by atoms with Crippen molar-refractivity contribution in [2.45, 2.75) is 44.7 Å². The largest absolute Gasteiger partial charge is 0.478 e. The summed E-state index contributed by atoms with van der Waals surface area (Å²) in [5.41, 5.74) is 9.21. The summed E-state index contributed by atoms with van der Waals surface area (Å²) >= 11 is 0. The van der Waals surface area contributed by atoms with Crippen LogP contribution in [0.3, 0.4) is 0 Å². The van der Waals surface area contributed by atoms with Crippen molar-refractivity contribution in [1.82, 2.24) is 23.9 Å². The quantitative estimate of drug-likeness (QED) is 0.174. The molecule has 0 spiro atoms. The Labute approximate surface area is 246 Å². The van der Waals surface area contributed by atoms with Crippen LogP contribution in [-0.4, -0.2) is 73.0 Å². The molecule has 13 nitrogen and oxygen atoms in total. The van der Waals surface area contributed by atoms with Crippen LogP contribution in [0.2, 0.25) is 0 Å². The standard InChI is InChI=1S/C30H34N6O7/c1-34-26-13-19(4-6-24(26)36(30(34)41)25-7-5-22(37)15-27(25)38)3-2-9-42-11-12-43-10-8-35-18-21(17-33-35)20-14-23(29(39)40)28(31)32-16-20/h4,6,13-14,16-18,25H,2-3,5,7-12,15H2,1H3,(H2,31,32)(H,39,40). The summed E-state index contributed by atoms with van der Waals surface area (Å²) in [6, 6.07) is 6.71. The molecule has 1 aliphatic rings. The Morgan fingerprint density at radius 1 is 1.05 bits per heavy atom. The van der Waals surface area contributed by atoms with Gasteiger partial charge in [-0.05, 0) is 43.0 Å². The lowest BCUT2D eigenvalue weighted by Gasteiger charge is -2.21. The molecule has 13 heteroatoms. The number of benzene rings is 1. The number of fused-ring (bicyclic) bond motifs is 1. The van der Waals surface area contributed by atoms with Gasteiger partial charge >= 0.3 is 11.7 Å². The first-order chi connectivity index (χ1) is 20.7. The van der Waals surface area contributed by atoms with Crippen LogP contribution in [-0.2, 0) is 39.1 Å². The van der Waals surface area contributed by atoms with Crippen LogP contribution >= 0.6 is 0 Å². The number of Topliss-reactive ketones (excluding diaryl/α,β-unsaturated/α-hetero) is 2. The summed E-state index contributed by atoms with van der Waals surface area (Å²) in [4.78, 5) is 52.3. The third kappa shape index (κ3) is 6.73. The maximum absolute atomic E-state index is 12.9. The van der Waals surface area contributed by atoms with E-state index < -0.39 is 12.0 Å². The normalized spacial score (nSPS) is 15.4. The van der Waals surface area contributed by atoms with Crippen LogP contribution in [0.4, 0.5) is 5.82 Å². The van der Waals surface area contributed by atoms with Crippen molar-refractivity contribution < 1.29 is 29.0 Å². The molecule has 0 saturated heterocycles. The maximum atomic E-state index is 12.9. The molecular weight excluding hydrogens is 556 g/mol. The molecule has 1 aliphatic carbocycles. The molecule has 5 rings (SSSR count). The first-order valence-electron chi connectivity index (χ1n) is 14.1. The smallest absolute Gasteiger partial charge is 0.339 e. The third-order valence-corrected chi connectivity index (χ3v) is 7.61. The van der Waals surface area contributed by atoms with Gasteiger partial charge in [-0.15, -0.1) is 0 Å². The van der Waals surface area contributed by atoms with Crippen LogP contribution < -0.4 is 11.4 Å². The molecular formula is C30H34N6O7. The lowest BCUT2D eigenvalue weighted by molar-refractivity contribution is -0.132. The van der Waals surface area contributed by atoms with Gasteiger partial charge in [-0.2, -0.15) is 5.10 Å². The number of carbonyl (C=O) groups excluding carboxylic acids is 2. The summed E-state index contributed by atoms with van der Waals surface area (Å²) in [6.45, 7) is 2.40. The van der Waals surface area contributed by atoms with E-state index in [0.717, 1.165) is 29.5 Å². The maximum Gasteiger partial charge on any atom is 0.339 e. The molecule has 0 amide bonds. The number of pyridine rings is 1. The molecule has 1 unspecified atom stereocenters. The first-order valence-corrected chi connectivity index (χ1v) is 14.1. The van der Waals surface area contributed by atoms with Gasteiger partial charge in [0.15, 0.2) is 5.78 Å². The molecule has 1 atom stereocenters. The van der Waals surface area contributed by atoms with E-state index in [1.165, 1.54) is 16.8 Å². The van der Waals surface area contributed by atoms with Gasteiger partial charge in [-0.1, -0.05) is 6.07 Å². The minimum Gasteiger partial charge on any atom is -0.478 e. The van der Waals surface area contributed by atoms with Gasteiger partial charge in [0.1, 0.15) is 17.2 Å². The molecule has 43 heavy (non-hydrogen) atoms. The number of hydrogen-bond acceptors (Lipinski definition) is 9. The SMILES string of the molecule is Cn1c(=O)n(C2CCC(=O)CC2=O)c2ccc(CCCOCCOCCn3cc(-c4cnc(N)c(C(=O)O)c4)cn3)cc21. The number of carboxylic acid groups (broad SMARTS) is 1. The second-order valence-electron chi connectivity index (χ2n) is 10.6. The number of nitrogen functional groups attached to an aromatic ring is 1. The van der Waals surface area contributed by atoms with Gasteiger partial charge in [-0.25, -0.2) is 14.6 Å². The van der Waals surface area contributed by atoms with Crippen molar-refractivity contribution in [2.24, 2.45) is 7.05 Å². The molecule has 3 heterocycles. The molecule has 0 bridgehead atoms. The van der Waals surface area contributed by atoms with E-state index in [0.29, 0.717) is 56.9 Å². The number of anilines is 1. The fraction of sp³-hybridized carbons (Fsp3) is 0.400. The first kappa shape index (κ1) is 29.9. The van der Waals surface area contributed by atoms with Gasteiger partial charge in [0.25, 0.3) is 0 Å². The second-order valence-corrected chi connectivity index (χ2v) is 10.6. The molecule has 0 aliphatic heterocycles. The Kier molecular flexibility index (Phi) is 9.12. The van der Waals surface area contributed by atoms with Gasteiger partial charge in [0.05, 0.1) is 56.1 Å². The molecule has 1 saturated carbocycles. The number of nitrogens with two attached hydrogens (primary N) is 1. The van der Waals surface area contributed by atoms with Crippen molar-refractivity contribution in [3.63, 3.8) is 0 Å². The number of hydrogen-bond donors (Lipinski definition) is 2. The number of rotatable bonds is 13. The highest BCUT2D eigenvalue weighted by Crippen LogP contribution is 2.27. The minimum atomic E-state index is -1.13. The van der Waals surface area contributed by atoms with E-state index in [4.69, 9.17) is 15.2 Å². The summed E-state index contributed by atoms with van der Waals surface area (Å²) < 4.78 is 16.2. The predicted octanol–water partition coefficient (Wildman–Crippen LogP) is 2.41. The molecule has 1 aromatic carbocycles. The number of carboxylic acids is 1. The van der Waals surface area contributed by atoms with Gasteiger partial charge in [0, 0.05) is 43.6 Å². The number of imidazole rings is 1. The van der Waals surface area contributed by atoms with Crippen molar-refractivity contribution >= 4 is 34.4 Å². The zero-order valence-electron chi connectivity index (χ0n) is 23.9. The molecule has 1 fully saturated rings. The number of aryl methyl sites for hydroxylation is 2. The Morgan fingerprint density at radius 3 is 2.60 bits per heavy atom. The Hall–Kier alpha value is -4.62. The molecule has 3 N–H and O–H groups in total. The average molecular weight is 591 g/mol. The molecule has 226 valence electrons.